The number of esters is 1. The summed E-state index contributed by atoms with van der Waals surface area (Å²) in [5.74, 6) is -0.690. The molecule has 124 valence electrons. The lowest BCUT2D eigenvalue weighted by atomic mass is 10.1. The van der Waals surface area contributed by atoms with E-state index >= 15 is 0 Å². The molecule has 2 rings (SSSR count). The summed E-state index contributed by atoms with van der Waals surface area (Å²) >= 11 is 0. The van der Waals surface area contributed by atoms with Crippen molar-refractivity contribution in [3.8, 4) is 0 Å². The first-order valence-corrected chi connectivity index (χ1v) is 7.72. The van der Waals surface area contributed by atoms with Gasteiger partial charge in [-0.3, -0.25) is 9.63 Å². The Labute approximate surface area is 129 Å². The summed E-state index contributed by atoms with van der Waals surface area (Å²) in [6.45, 7) is 3.06. The third kappa shape index (κ3) is 3.32. The smallest absolute Gasteiger partial charge is 0.363 e. The van der Waals surface area contributed by atoms with Crippen molar-refractivity contribution in [2.45, 2.75) is 45.1 Å². The summed E-state index contributed by atoms with van der Waals surface area (Å²) in [7, 11) is 1.28. The Kier molecular flexibility index (Phi) is 5.59. The number of fused-ring (bicyclic) bond motifs is 1. The highest BCUT2D eigenvalue weighted by atomic mass is 16.7. The summed E-state index contributed by atoms with van der Waals surface area (Å²) in [6, 6.07) is -1.25. The summed E-state index contributed by atoms with van der Waals surface area (Å²) in [5.41, 5.74) is 0. The summed E-state index contributed by atoms with van der Waals surface area (Å²) in [6.07, 6.45) is 3.09. The Morgan fingerprint density at radius 3 is 2.77 bits per heavy atom. The molecular weight excluding hydrogens is 290 g/mol. The van der Waals surface area contributed by atoms with E-state index in [9.17, 15) is 14.4 Å². The molecule has 0 aliphatic carbocycles. The average Bonchev–Trinajstić information content (AvgIpc) is 2.66. The number of urea groups is 1. The number of unbranched alkanes of at least 4 members (excludes halogenated alkanes) is 1. The van der Waals surface area contributed by atoms with Crippen molar-refractivity contribution in [2.24, 2.45) is 0 Å². The van der Waals surface area contributed by atoms with Gasteiger partial charge in [0.05, 0.1) is 20.3 Å². The van der Waals surface area contributed by atoms with Gasteiger partial charge in [-0.25, -0.2) is 24.7 Å². The first kappa shape index (κ1) is 16.5. The van der Waals surface area contributed by atoms with E-state index in [1.165, 1.54) is 22.2 Å². The van der Waals surface area contributed by atoms with Gasteiger partial charge in [0.25, 0.3) is 0 Å². The van der Waals surface area contributed by atoms with Crippen LogP contribution in [0.25, 0.3) is 0 Å². The van der Waals surface area contributed by atoms with Crippen molar-refractivity contribution < 1.29 is 24.0 Å². The van der Waals surface area contributed by atoms with Crippen LogP contribution in [0.2, 0.25) is 0 Å². The molecular formula is C14H23N3O5. The summed E-state index contributed by atoms with van der Waals surface area (Å²) in [4.78, 5) is 42.3. The molecule has 0 aromatic carbocycles. The molecule has 8 nitrogen and oxygen atoms in total. The molecule has 0 saturated carbocycles. The number of ether oxygens (including phenoxy) is 1. The fraction of sp³-hybridized carbons (Fsp3) is 0.786. The fourth-order valence-electron chi connectivity index (χ4n) is 2.64. The molecule has 22 heavy (non-hydrogen) atoms. The highest BCUT2D eigenvalue weighted by Crippen LogP contribution is 2.24. The number of amides is 3. The maximum absolute atomic E-state index is 12.7. The van der Waals surface area contributed by atoms with Gasteiger partial charge in [0, 0.05) is 13.0 Å². The van der Waals surface area contributed by atoms with E-state index in [4.69, 9.17) is 9.57 Å². The topological polar surface area (TPSA) is 79.4 Å². The number of nitrogens with zero attached hydrogens (tertiary/aromatic N) is 3. The molecule has 0 spiro atoms. The lowest BCUT2D eigenvalue weighted by Gasteiger charge is -2.41. The lowest BCUT2D eigenvalue weighted by molar-refractivity contribution is -0.170. The van der Waals surface area contributed by atoms with Gasteiger partial charge in [-0.05, 0) is 19.3 Å². The molecule has 3 amide bonds. The molecule has 0 radical (unpaired) electrons. The van der Waals surface area contributed by atoms with Crippen molar-refractivity contribution in [2.75, 3.05) is 26.8 Å². The van der Waals surface area contributed by atoms with Gasteiger partial charge in [0.1, 0.15) is 0 Å². The molecule has 0 aromatic rings. The van der Waals surface area contributed by atoms with Gasteiger partial charge >= 0.3 is 12.0 Å². The first-order chi connectivity index (χ1) is 10.6. The molecule has 2 aliphatic rings. The molecule has 2 fully saturated rings. The maximum atomic E-state index is 12.7. The minimum Gasteiger partial charge on any atom is -0.467 e. The second kappa shape index (κ2) is 7.44. The van der Waals surface area contributed by atoms with Gasteiger partial charge in [0.15, 0.2) is 6.04 Å². The molecule has 8 heteroatoms. The van der Waals surface area contributed by atoms with Crippen molar-refractivity contribution in [1.29, 1.82) is 0 Å². The second-order valence-electron chi connectivity index (χ2n) is 5.36. The minimum atomic E-state index is -0.773. The maximum Gasteiger partial charge on any atom is 0.363 e. The van der Waals surface area contributed by atoms with Crippen molar-refractivity contribution in [3.05, 3.63) is 0 Å². The number of methoxy groups -OCH3 is 1. The number of carbonyl (C=O) groups is 3. The number of hydroxylamine groups is 2. The van der Waals surface area contributed by atoms with E-state index < -0.39 is 18.0 Å². The fourth-order valence-corrected chi connectivity index (χ4v) is 2.64. The van der Waals surface area contributed by atoms with Gasteiger partial charge in [-0.15, -0.1) is 0 Å². The van der Waals surface area contributed by atoms with Crippen LogP contribution in [0.1, 0.15) is 39.0 Å². The quantitative estimate of drug-likeness (QED) is 0.557. The SMILES string of the molecule is CCCCON1CCC(=O)N2CCCC(C(=O)OC)N2C1=O. The van der Waals surface area contributed by atoms with Crippen molar-refractivity contribution in [3.63, 3.8) is 0 Å². The zero-order valence-electron chi connectivity index (χ0n) is 13.1. The van der Waals surface area contributed by atoms with Crippen LogP contribution >= 0.6 is 0 Å². The van der Waals surface area contributed by atoms with Gasteiger partial charge in [-0.2, -0.15) is 0 Å². The molecule has 0 aromatic heterocycles. The normalized spacial score (nSPS) is 22.5. The predicted molar refractivity (Wildman–Crippen MR) is 76.2 cm³/mol. The van der Waals surface area contributed by atoms with Gasteiger partial charge in [0.2, 0.25) is 5.91 Å². The van der Waals surface area contributed by atoms with Crippen molar-refractivity contribution in [1.82, 2.24) is 15.1 Å². The van der Waals surface area contributed by atoms with E-state index in [2.05, 4.69) is 0 Å². The first-order valence-electron chi connectivity index (χ1n) is 7.72. The minimum absolute atomic E-state index is 0.177. The van der Waals surface area contributed by atoms with Crippen LogP contribution in [0.3, 0.4) is 0 Å². The Bertz CT molecular complexity index is 442. The number of hydrogen-bond donors (Lipinski definition) is 0. The Balaban J connectivity index is 2.19. The van der Waals surface area contributed by atoms with Gasteiger partial charge < -0.3 is 4.74 Å². The van der Waals surface area contributed by atoms with Crippen LogP contribution in [-0.4, -0.2) is 65.8 Å². The van der Waals surface area contributed by atoms with Crippen LogP contribution in [-0.2, 0) is 19.2 Å². The van der Waals surface area contributed by atoms with E-state index in [-0.39, 0.29) is 18.9 Å². The Hall–Kier alpha value is -1.83. The van der Waals surface area contributed by atoms with Crippen LogP contribution in [0.5, 0.6) is 0 Å². The molecule has 1 unspecified atom stereocenters. The number of hydrogen-bond acceptors (Lipinski definition) is 5. The second-order valence-corrected chi connectivity index (χ2v) is 5.36. The monoisotopic (exact) mass is 313 g/mol. The Morgan fingerprint density at radius 2 is 2.09 bits per heavy atom. The summed E-state index contributed by atoms with van der Waals surface area (Å²) in [5, 5.41) is 3.75. The van der Waals surface area contributed by atoms with E-state index in [0.717, 1.165) is 12.8 Å². The van der Waals surface area contributed by atoms with Gasteiger partial charge in [-0.1, -0.05) is 13.3 Å². The molecule has 2 aliphatic heterocycles. The lowest BCUT2D eigenvalue weighted by Crippen LogP contribution is -2.61. The third-order valence-corrected chi connectivity index (χ3v) is 3.85. The predicted octanol–water partition coefficient (Wildman–Crippen LogP) is 0.925. The van der Waals surface area contributed by atoms with E-state index in [1.54, 1.807) is 0 Å². The molecule has 2 heterocycles. The number of carbonyl (C=O) groups excluding carboxylic acids is 3. The number of rotatable bonds is 5. The highest BCUT2D eigenvalue weighted by molar-refractivity contribution is 5.88. The van der Waals surface area contributed by atoms with Crippen molar-refractivity contribution >= 4 is 17.9 Å². The molecule has 0 bridgehead atoms. The standard InChI is InChI=1S/C14H23N3O5/c1-3-4-10-22-16-9-7-12(18)15-8-5-6-11(13(19)21-2)17(15)14(16)20/h11H,3-10H2,1-2H3. The molecule has 0 N–H and O–H groups in total. The van der Waals surface area contributed by atoms with E-state index in [0.29, 0.717) is 26.0 Å². The zero-order valence-corrected chi connectivity index (χ0v) is 13.1. The van der Waals surface area contributed by atoms with Crippen LogP contribution in [0, 0.1) is 0 Å². The highest BCUT2D eigenvalue weighted by Gasteiger charge is 2.44. The van der Waals surface area contributed by atoms with Crippen LogP contribution < -0.4 is 0 Å². The average molecular weight is 313 g/mol. The molecule has 1 atom stereocenters. The largest absolute Gasteiger partial charge is 0.467 e. The van der Waals surface area contributed by atoms with Crippen LogP contribution in [0.4, 0.5) is 4.79 Å². The summed E-state index contributed by atoms with van der Waals surface area (Å²) < 4.78 is 4.77. The zero-order chi connectivity index (χ0) is 16.1. The third-order valence-electron chi connectivity index (χ3n) is 3.85. The van der Waals surface area contributed by atoms with E-state index in [1.807, 2.05) is 6.92 Å². The Morgan fingerprint density at radius 1 is 1.32 bits per heavy atom. The number of hydrazine groups is 1. The van der Waals surface area contributed by atoms with Crippen LogP contribution in [0.15, 0.2) is 0 Å². The molecule has 2 saturated heterocycles.